The van der Waals surface area contributed by atoms with Gasteiger partial charge in [-0.25, -0.2) is 0 Å². The maximum Gasteiger partial charge on any atom is 0.257 e. The van der Waals surface area contributed by atoms with Crippen LogP contribution in [0.4, 0.5) is 0 Å². The Balaban J connectivity index is 1.79. The molecule has 0 saturated carbocycles. The van der Waals surface area contributed by atoms with E-state index in [1.807, 2.05) is 23.4 Å². The van der Waals surface area contributed by atoms with Crippen LogP contribution >= 0.6 is 0 Å². The van der Waals surface area contributed by atoms with Crippen LogP contribution < -0.4 is 5.32 Å². The van der Waals surface area contributed by atoms with Gasteiger partial charge in [0, 0.05) is 37.4 Å². The van der Waals surface area contributed by atoms with Crippen molar-refractivity contribution < 1.29 is 4.79 Å². The lowest BCUT2D eigenvalue weighted by Gasteiger charge is -2.32. The Kier molecular flexibility index (Phi) is 2.86. The molecule has 0 spiro atoms. The molecule has 0 unspecified atom stereocenters. The number of aromatic nitrogens is 2. The minimum Gasteiger partial charge on any atom is -0.335 e. The van der Waals surface area contributed by atoms with Crippen molar-refractivity contribution in [3.8, 4) is 0 Å². The standard InChI is InChI=1S/C13H20N4O/c1-3-17-9(2)12(6-14-17)13(18)16-7-10-4-5-11(8-16)15-10/h6,10-11,15H,3-5,7-8H2,1-2H3/t10-,11+. The number of rotatable bonds is 2. The van der Waals surface area contributed by atoms with Crippen LogP contribution in [-0.4, -0.2) is 45.8 Å². The first-order chi connectivity index (χ1) is 8.69. The molecule has 2 bridgehead atoms. The van der Waals surface area contributed by atoms with Gasteiger partial charge in [-0.05, 0) is 26.7 Å². The molecule has 1 aromatic heterocycles. The second kappa shape index (κ2) is 4.39. The summed E-state index contributed by atoms with van der Waals surface area (Å²) in [6.45, 7) is 6.50. The Hall–Kier alpha value is -1.36. The summed E-state index contributed by atoms with van der Waals surface area (Å²) in [5.41, 5.74) is 1.74. The molecule has 2 saturated heterocycles. The molecule has 2 aliphatic rings. The summed E-state index contributed by atoms with van der Waals surface area (Å²) in [5, 5.41) is 7.80. The van der Waals surface area contributed by atoms with E-state index in [1.54, 1.807) is 6.20 Å². The van der Waals surface area contributed by atoms with Gasteiger partial charge in [0.15, 0.2) is 0 Å². The lowest BCUT2D eigenvalue weighted by atomic mass is 10.1. The number of fused-ring (bicyclic) bond motifs is 2. The minimum atomic E-state index is 0.144. The zero-order valence-electron chi connectivity index (χ0n) is 11.0. The zero-order valence-corrected chi connectivity index (χ0v) is 11.0. The quantitative estimate of drug-likeness (QED) is 0.842. The SMILES string of the molecule is CCn1ncc(C(=O)N2C[C@H]3CC[C@@H](C2)N3)c1C. The summed E-state index contributed by atoms with van der Waals surface area (Å²) in [4.78, 5) is 14.5. The summed E-state index contributed by atoms with van der Waals surface area (Å²) in [7, 11) is 0. The van der Waals surface area contributed by atoms with Gasteiger partial charge < -0.3 is 10.2 Å². The van der Waals surface area contributed by atoms with E-state index in [9.17, 15) is 4.79 Å². The van der Waals surface area contributed by atoms with Crippen molar-refractivity contribution in [2.45, 2.75) is 45.3 Å². The molecular weight excluding hydrogens is 228 g/mol. The van der Waals surface area contributed by atoms with Crippen LogP contribution in [0.15, 0.2) is 6.20 Å². The van der Waals surface area contributed by atoms with Crippen LogP contribution in [0.1, 0.15) is 35.8 Å². The molecule has 1 N–H and O–H groups in total. The number of nitrogens with zero attached hydrogens (tertiary/aromatic N) is 3. The molecule has 1 aromatic rings. The maximum atomic E-state index is 12.5. The summed E-state index contributed by atoms with van der Waals surface area (Å²) in [6.07, 6.45) is 4.11. The van der Waals surface area contributed by atoms with Crippen LogP contribution in [-0.2, 0) is 6.54 Å². The van der Waals surface area contributed by atoms with Gasteiger partial charge in [0.25, 0.3) is 5.91 Å². The van der Waals surface area contributed by atoms with Crippen molar-refractivity contribution in [2.24, 2.45) is 0 Å². The van der Waals surface area contributed by atoms with Crippen molar-refractivity contribution in [2.75, 3.05) is 13.1 Å². The van der Waals surface area contributed by atoms with E-state index < -0.39 is 0 Å². The van der Waals surface area contributed by atoms with E-state index in [4.69, 9.17) is 0 Å². The first kappa shape index (κ1) is 11.7. The average Bonchev–Trinajstić information content (AvgIpc) is 2.91. The lowest BCUT2D eigenvalue weighted by Crippen LogP contribution is -2.53. The Bertz CT molecular complexity index is 456. The van der Waals surface area contributed by atoms with E-state index in [2.05, 4.69) is 10.4 Å². The first-order valence-electron chi connectivity index (χ1n) is 6.76. The Morgan fingerprint density at radius 1 is 1.44 bits per heavy atom. The molecule has 98 valence electrons. The number of hydrogen-bond acceptors (Lipinski definition) is 3. The first-order valence-corrected chi connectivity index (χ1v) is 6.76. The fraction of sp³-hybridized carbons (Fsp3) is 0.692. The van der Waals surface area contributed by atoms with Gasteiger partial charge in [-0.3, -0.25) is 9.48 Å². The molecule has 0 radical (unpaired) electrons. The zero-order chi connectivity index (χ0) is 12.7. The molecule has 1 amide bonds. The van der Waals surface area contributed by atoms with Crippen molar-refractivity contribution in [1.29, 1.82) is 0 Å². The third-order valence-corrected chi connectivity index (χ3v) is 4.14. The second-order valence-corrected chi connectivity index (χ2v) is 5.31. The van der Waals surface area contributed by atoms with Crippen LogP contribution in [0, 0.1) is 6.92 Å². The molecule has 3 rings (SSSR count). The number of hydrogen-bond donors (Lipinski definition) is 1. The number of amides is 1. The van der Waals surface area contributed by atoms with E-state index in [1.165, 1.54) is 12.8 Å². The summed E-state index contributed by atoms with van der Waals surface area (Å²) >= 11 is 0. The van der Waals surface area contributed by atoms with E-state index >= 15 is 0 Å². The monoisotopic (exact) mass is 248 g/mol. The predicted octanol–water partition coefficient (Wildman–Crippen LogP) is 0.788. The van der Waals surface area contributed by atoms with E-state index in [0.29, 0.717) is 12.1 Å². The van der Waals surface area contributed by atoms with E-state index in [0.717, 1.165) is 30.9 Å². The van der Waals surface area contributed by atoms with Gasteiger partial charge in [0.2, 0.25) is 0 Å². The molecule has 5 nitrogen and oxygen atoms in total. The number of piperazine rings is 1. The molecule has 3 heterocycles. The van der Waals surface area contributed by atoms with Gasteiger partial charge in [-0.15, -0.1) is 0 Å². The highest BCUT2D eigenvalue weighted by atomic mass is 16.2. The third-order valence-electron chi connectivity index (χ3n) is 4.14. The van der Waals surface area contributed by atoms with Crippen LogP contribution in [0.2, 0.25) is 0 Å². The van der Waals surface area contributed by atoms with E-state index in [-0.39, 0.29) is 5.91 Å². The number of carbonyl (C=O) groups excluding carboxylic acids is 1. The van der Waals surface area contributed by atoms with Crippen molar-refractivity contribution in [3.05, 3.63) is 17.5 Å². The topological polar surface area (TPSA) is 50.2 Å². The van der Waals surface area contributed by atoms with Gasteiger partial charge in [0.05, 0.1) is 11.8 Å². The molecule has 2 fully saturated rings. The number of likely N-dealkylation sites (tertiary alicyclic amines) is 1. The number of nitrogens with one attached hydrogen (secondary N) is 1. The normalized spacial score (nSPS) is 26.7. The van der Waals surface area contributed by atoms with Crippen molar-refractivity contribution in [1.82, 2.24) is 20.0 Å². The van der Waals surface area contributed by atoms with Crippen LogP contribution in [0.3, 0.4) is 0 Å². The lowest BCUT2D eigenvalue weighted by molar-refractivity contribution is 0.0696. The smallest absolute Gasteiger partial charge is 0.257 e. The fourth-order valence-electron chi connectivity index (χ4n) is 3.11. The predicted molar refractivity (Wildman–Crippen MR) is 68.5 cm³/mol. The minimum absolute atomic E-state index is 0.144. The highest BCUT2D eigenvalue weighted by molar-refractivity contribution is 5.95. The van der Waals surface area contributed by atoms with Crippen molar-refractivity contribution in [3.63, 3.8) is 0 Å². The molecule has 18 heavy (non-hydrogen) atoms. The molecule has 2 atom stereocenters. The molecule has 0 aromatic carbocycles. The highest BCUT2D eigenvalue weighted by Gasteiger charge is 2.35. The highest BCUT2D eigenvalue weighted by Crippen LogP contribution is 2.22. The summed E-state index contributed by atoms with van der Waals surface area (Å²) in [5.74, 6) is 0.144. The van der Waals surface area contributed by atoms with Gasteiger partial charge in [0.1, 0.15) is 0 Å². The number of aryl methyl sites for hydroxylation is 1. The van der Waals surface area contributed by atoms with Gasteiger partial charge >= 0.3 is 0 Å². The number of carbonyl (C=O) groups is 1. The largest absolute Gasteiger partial charge is 0.335 e. The molecule has 5 heteroatoms. The molecule has 2 aliphatic heterocycles. The molecular formula is C13H20N4O. The molecule has 0 aliphatic carbocycles. The average molecular weight is 248 g/mol. The Labute approximate surface area is 107 Å². The second-order valence-electron chi connectivity index (χ2n) is 5.31. The summed E-state index contributed by atoms with van der Waals surface area (Å²) < 4.78 is 1.88. The van der Waals surface area contributed by atoms with Crippen molar-refractivity contribution >= 4 is 5.91 Å². The van der Waals surface area contributed by atoms with Gasteiger partial charge in [-0.1, -0.05) is 0 Å². The maximum absolute atomic E-state index is 12.5. The fourth-order valence-corrected chi connectivity index (χ4v) is 3.11. The van der Waals surface area contributed by atoms with Crippen LogP contribution in [0.5, 0.6) is 0 Å². The van der Waals surface area contributed by atoms with Gasteiger partial charge in [-0.2, -0.15) is 5.10 Å². The Morgan fingerprint density at radius 3 is 2.67 bits per heavy atom. The third kappa shape index (κ3) is 1.82. The van der Waals surface area contributed by atoms with Crippen LogP contribution in [0.25, 0.3) is 0 Å². The summed E-state index contributed by atoms with van der Waals surface area (Å²) in [6, 6.07) is 0.989. The Morgan fingerprint density at radius 2 is 2.11 bits per heavy atom.